The molecule has 210 valence electrons. The summed E-state index contributed by atoms with van der Waals surface area (Å²) in [5.74, 6) is -2.65. The third-order valence-corrected chi connectivity index (χ3v) is 9.44. The third-order valence-electron chi connectivity index (χ3n) is 7.50. The van der Waals surface area contributed by atoms with Crippen molar-refractivity contribution in [3.8, 4) is 0 Å². The number of aliphatic carboxylic acids is 1. The van der Waals surface area contributed by atoms with Gasteiger partial charge in [0.1, 0.15) is 0 Å². The number of carboxylic acids is 1. The van der Waals surface area contributed by atoms with Gasteiger partial charge in [0.05, 0.1) is 27.1 Å². The molecule has 1 atom stereocenters. The summed E-state index contributed by atoms with van der Waals surface area (Å²) in [7, 11) is 0. The lowest BCUT2D eigenvalue weighted by Crippen LogP contribution is -2.49. The van der Waals surface area contributed by atoms with Gasteiger partial charge in [0.2, 0.25) is 17.7 Å². The topological polar surface area (TPSA) is 116 Å². The van der Waals surface area contributed by atoms with E-state index in [1.165, 1.54) is 17.4 Å². The lowest BCUT2D eigenvalue weighted by molar-refractivity contribution is -0.141. The molecule has 2 fully saturated rings. The van der Waals surface area contributed by atoms with Crippen LogP contribution in [-0.4, -0.2) is 59.4 Å². The normalized spacial score (nSPS) is 17.8. The summed E-state index contributed by atoms with van der Waals surface area (Å²) in [6.07, 6.45) is 8.71. The summed E-state index contributed by atoms with van der Waals surface area (Å²) in [6, 6.07) is 3.67. The molecule has 2 aliphatic rings. The quantitative estimate of drug-likeness (QED) is 0.349. The molecule has 3 N–H and O–H groups in total. The van der Waals surface area contributed by atoms with Crippen molar-refractivity contribution in [2.45, 2.75) is 57.4 Å². The molecule has 8 nitrogen and oxygen atoms in total. The first-order chi connectivity index (χ1) is 18.7. The monoisotopic (exact) mass is 593 g/mol. The van der Waals surface area contributed by atoms with Crippen LogP contribution in [0.15, 0.2) is 23.6 Å². The largest absolute Gasteiger partial charge is 0.481 e. The summed E-state index contributed by atoms with van der Waals surface area (Å²) >= 11 is 14.3. The number of thiophene rings is 1. The Bertz CT molecular complexity index is 1250. The van der Waals surface area contributed by atoms with Gasteiger partial charge in [0.15, 0.2) is 0 Å². The maximum atomic E-state index is 12.9. The predicted octanol–water partition coefficient (Wildman–Crippen LogP) is 5.12. The first-order valence-electron chi connectivity index (χ1n) is 13.3. The van der Waals surface area contributed by atoms with Gasteiger partial charge in [-0.1, -0.05) is 42.5 Å². The van der Waals surface area contributed by atoms with Gasteiger partial charge in [0, 0.05) is 37.7 Å². The first kappa shape index (κ1) is 29.4. The number of hydrogen-bond acceptors (Lipinski definition) is 5. The van der Waals surface area contributed by atoms with E-state index in [1.807, 2.05) is 17.5 Å². The summed E-state index contributed by atoms with van der Waals surface area (Å²) in [6.45, 7) is 0.904. The molecular weight excluding hydrogens is 561 g/mol. The molecule has 1 aromatic carbocycles. The fourth-order valence-corrected chi connectivity index (χ4v) is 6.66. The van der Waals surface area contributed by atoms with Crippen molar-refractivity contribution in [2.24, 2.45) is 11.8 Å². The number of rotatable bonds is 9. The zero-order chi connectivity index (χ0) is 27.9. The maximum absolute atomic E-state index is 12.9. The van der Waals surface area contributed by atoms with Crippen molar-refractivity contribution < 1.29 is 24.3 Å². The smallest absolute Gasteiger partial charge is 0.304 e. The van der Waals surface area contributed by atoms with Gasteiger partial charge in [-0.05, 0) is 60.2 Å². The Morgan fingerprint density at radius 3 is 2.49 bits per heavy atom. The molecule has 1 saturated carbocycles. The van der Waals surface area contributed by atoms with Crippen molar-refractivity contribution in [2.75, 3.05) is 19.6 Å². The number of piperidine rings is 1. The summed E-state index contributed by atoms with van der Waals surface area (Å²) in [5, 5.41) is 18.8. The Morgan fingerprint density at radius 2 is 1.79 bits per heavy atom. The molecule has 1 saturated heterocycles. The van der Waals surface area contributed by atoms with Gasteiger partial charge < -0.3 is 20.6 Å². The van der Waals surface area contributed by atoms with E-state index in [0.717, 1.165) is 42.2 Å². The van der Waals surface area contributed by atoms with Gasteiger partial charge in [-0.15, -0.1) is 11.3 Å². The molecule has 0 spiro atoms. The standard InChI is InChI=1S/C28H33Cl2N3O5S/c29-24-18(14-19-10-13-39-26(19)25(24)30)6-7-22(34)33-11-8-21(9-12-33)32-28(38)20(15-23(35)36)16-31-27(37)17-4-2-1-3-5-17/h6-7,10,13-14,17,20-21H,1-5,8-9,11-12,15-16H2,(H,31,37)(H,32,38)(H,35,36)/b7-6+. The molecule has 1 unspecified atom stereocenters. The predicted molar refractivity (Wildman–Crippen MR) is 154 cm³/mol. The third kappa shape index (κ3) is 7.74. The Morgan fingerprint density at radius 1 is 1.08 bits per heavy atom. The molecule has 2 aromatic rings. The van der Waals surface area contributed by atoms with Gasteiger partial charge in [-0.2, -0.15) is 0 Å². The molecule has 1 aliphatic carbocycles. The molecular formula is C28H33Cl2N3O5S. The molecule has 39 heavy (non-hydrogen) atoms. The zero-order valence-corrected chi connectivity index (χ0v) is 23.9. The van der Waals surface area contributed by atoms with E-state index < -0.39 is 11.9 Å². The number of hydrogen-bond donors (Lipinski definition) is 3. The Balaban J connectivity index is 1.27. The number of halogens is 2. The number of carboxylic acid groups (broad SMARTS) is 1. The van der Waals surface area contributed by atoms with E-state index in [9.17, 15) is 24.3 Å². The number of fused-ring (bicyclic) bond motifs is 1. The van der Waals surface area contributed by atoms with Gasteiger partial charge in [-0.25, -0.2) is 0 Å². The molecule has 0 bridgehead atoms. The number of benzene rings is 1. The van der Waals surface area contributed by atoms with Crippen LogP contribution in [0, 0.1) is 11.8 Å². The van der Waals surface area contributed by atoms with Crippen LogP contribution in [0.5, 0.6) is 0 Å². The summed E-state index contributed by atoms with van der Waals surface area (Å²) in [5.41, 5.74) is 0.670. The lowest BCUT2D eigenvalue weighted by atomic mass is 9.88. The number of carbonyl (C=O) groups excluding carboxylic acids is 3. The van der Waals surface area contributed by atoms with Crippen LogP contribution >= 0.6 is 34.5 Å². The zero-order valence-electron chi connectivity index (χ0n) is 21.6. The number of likely N-dealkylation sites (tertiary alicyclic amines) is 1. The average molecular weight is 595 g/mol. The van der Waals surface area contributed by atoms with Crippen molar-refractivity contribution >= 4 is 74.4 Å². The highest BCUT2D eigenvalue weighted by atomic mass is 35.5. The molecule has 2 heterocycles. The van der Waals surface area contributed by atoms with Crippen LogP contribution in [0.3, 0.4) is 0 Å². The highest BCUT2D eigenvalue weighted by Crippen LogP contribution is 2.37. The maximum Gasteiger partial charge on any atom is 0.304 e. The highest BCUT2D eigenvalue weighted by Gasteiger charge is 2.29. The average Bonchev–Trinajstić information content (AvgIpc) is 3.41. The Hall–Kier alpha value is -2.62. The SMILES string of the molecule is O=C(O)CC(CNC(=O)C1CCCCC1)C(=O)NC1CCN(C(=O)/C=C/c2cc3ccsc3c(Cl)c2Cl)CC1. The van der Waals surface area contributed by atoms with E-state index in [-0.39, 0.29) is 42.6 Å². The Kier molecular flexibility index (Phi) is 10.3. The molecule has 1 aliphatic heterocycles. The molecule has 4 rings (SSSR count). The van der Waals surface area contributed by atoms with Crippen LogP contribution in [0.2, 0.25) is 10.0 Å². The van der Waals surface area contributed by atoms with Crippen LogP contribution in [-0.2, 0) is 19.2 Å². The van der Waals surface area contributed by atoms with Crippen molar-refractivity contribution in [1.29, 1.82) is 0 Å². The van der Waals surface area contributed by atoms with Crippen LogP contribution in [0.4, 0.5) is 0 Å². The molecule has 0 radical (unpaired) electrons. The number of nitrogens with zero attached hydrogens (tertiary/aromatic N) is 1. The minimum atomic E-state index is -1.09. The van der Waals surface area contributed by atoms with E-state index in [0.29, 0.717) is 41.5 Å². The van der Waals surface area contributed by atoms with E-state index in [4.69, 9.17) is 23.2 Å². The number of nitrogens with one attached hydrogen (secondary N) is 2. The molecule has 11 heteroatoms. The van der Waals surface area contributed by atoms with Gasteiger partial charge in [0.25, 0.3) is 0 Å². The number of carbonyl (C=O) groups is 4. The van der Waals surface area contributed by atoms with Crippen LogP contribution in [0.25, 0.3) is 16.2 Å². The first-order valence-corrected chi connectivity index (χ1v) is 15.0. The van der Waals surface area contributed by atoms with E-state index in [2.05, 4.69) is 10.6 Å². The van der Waals surface area contributed by atoms with Gasteiger partial charge >= 0.3 is 5.97 Å². The van der Waals surface area contributed by atoms with E-state index >= 15 is 0 Å². The molecule has 1 aromatic heterocycles. The van der Waals surface area contributed by atoms with Crippen molar-refractivity contribution in [1.82, 2.24) is 15.5 Å². The van der Waals surface area contributed by atoms with Crippen molar-refractivity contribution in [3.05, 3.63) is 39.2 Å². The second-order valence-electron chi connectivity index (χ2n) is 10.2. The second kappa shape index (κ2) is 13.6. The summed E-state index contributed by atoms with van der Waals surface area (Å²) < 4.78 is 0.909. The van der Waals surface area contributed by atoms with E-state index in [1.54, 1.807) is 11.0 Å². The van der Waals surface area contributed by atoms with Crippen LogP contribution < -0.4 is 10.6 Å². The summed E-state index contributed by atoms with van der Waals surface area (Å²) in [4.78, 5) is 51.2. The highest BCUT2D eigenvalue weighted by molar-refractivity contribution is 7.18. The minimum absolute atomic E-state index is 0.000654. The Labute approximate surface area is 241 Å². The minimum Gasteiger partial charge on any atom is -0.481 e. The fraction of sp³-hybridized carbons (Fsp3) is 0.500. The lowest BCUT2D eigenvalue weighted by Gasteiger charge is -2.32. The second-order valence-corrected chi connectivity index (χ2v) is 11.9. The van der Waals surface area contributed by atoms with Crippen molar-refractivity contribution in [3.63, 3.8) is 0 Å². The van der Waals surface area contributed by atoms with Crippen LogP contribution in [0.1, 0.15) is 56.9 Å². The van der Waals surface area contributed by atoms with Gasteiger partial charge in [-0.3, -0.25) is 19.2 Å². The fourth-order valence-electron chi connectivity index (χ4n) is 5.22. The number of amides is 3. The molecule has 3 amide bonds.